The number of aliphatic hydroxyl groups excluding tert-OH is 1. The molecule has 5 heterocycles. The number of carbonyl (C=O) groups is 7. The van der Waals surface area contributed by atoms with Gasteiger partial charge in [0.25, 0.3) is 29.5 Å². The van der Waals surface area contributed by atoms with Crippen LogP contribution < -0.4 is 16.2 Å². The van der Waals surface area contributed by atoms with Gasteiger partial charge in [-0.3, -0.25) is 49.2 Å². The van der Waals surface area contributed by atoms with Crippen molar-refractivity contribution in [2.75, 3.05) is 19.6 Å². The van der Waals surface area contributed by atoms with Crippen LogP contribution in [0.25, 0.3) is 0 Å². The Bertz CT molecular complexity index is 1890. The molecule has 5 aliphatic heterocycles. The number of hydrogen-bond donors (Lipinski definition) is 9. The molecule has 0 aliphatic carbocycles. The van der Waals surface area contributed by atoms with Crippen LogP contribution in [0.15, 0.2) is 0 Å². The lowest BCUT2D eigenvalue weighted by Crippen LogP contribution is -2.70. The molecule has 0 aromatic heterocycles. The second-order valence-corrected chi connectivity index (χ2v) is 20.6. The molecule has 0 aromatic rings. The zero-order valence-corrected chi connectivity index (χ0v) is 41.1. The van der Waals surface area contributed by atoms with E-state index in [1.807, 2.05) is 6.92 Å². The third kappa shape index (κ3) is 10.8. The van der Waals surface area contributed by atoms with Crippen molar-refractivity contribution >= 4 is 41.4 Å². The highest BCUT2D eigenvalue weighted by Crippen LogP contribution is 2.42. The van der Waals surface area contributed by atoms with E-state index in [1.54, 1.807) is 0 Å². The smallest absolute Gasteiger partial charge is 0.332 e. The molecule has 9 N–H and O–H groups in total. The number of fused-ring (bicyclic) bond motifs is 3. The molecular weight excluding hydrogens is 893 g/mol. The van der Waals surface area contributed by atoms with Gasteiger partial charge in [0.1, 0.15) is 36.3 Å². The zero-order valence-electron chi connectivity index (χ0n) is 41.1. The number of aliphatic hydroxyl groups is 4. The van der Waals surface area contributed by atoms with Crippen LogP contribution in [0.2, 0.25) is 0 Å². The number of ether oxygens (including phenoxy) is 2. The lowest BCUT2D eigenvalue weighted by molar-refractivity contribution is -0.329. The first kappa shape index (κ1) is 54.9. The molecule has 6 amide bonds. The van der Waals surface area contributed by atoms with Crippen molar-refractivity contribution in [2.24, 2.45) is 23.7 Å². The number of esters is 1. The first-order chi connectivity index (χ1) is 31.6. The molecule has 0 bridgehead atoms. The fourth-order valence-electron chi connectivity index (χ4n) is 10.1. The molecule has 23 heteroatoms. The molecule has 14 atom stereocenters. The van der Waals surface area contributed by atoms with Crippen LogP contribution in [0.5, 0.6) is 0 Å². The quantitative estimate of drug-likeness (QED) is 0.102. The predicted octanol–water partition coefficient (Wildman–Crippen LogP) is -0.704. The van der Waals surface area contributed by atoms with Gasteiger partial charge in [-0.15, -0.1) is 0 Å². The summed E-state index contributed by atoms with van der Waals surface area (Å²) in [6.45, 7) is 15.0. The van der Waals surface area contributed by atoms with Crippen molar-refractivity contribution in [2.45, 2.75) is 199 Å². The number of nitrogens with one attached hydrogen (secondary N) is 3. The molecule has 5 saturated heterocycles. The number of amides is 6. The van der Waals surface area contributed by atoms with E-state index < -0.39 is 125 Å². The second-order valence-electron chi connectivity index (χ2n) is 20.6. The van der Waals surface area contributed by atoms with E-state index in [1.165, 1.54) is 34.6 Å². The van der Waals surface area contributed by atoms with E-state index in [-0.39, 0.29) is 67.8 Å². The normalized spacial score (nSPS) is 36.6. The van der Waals surface area contributed by atoms with Crippen LogP contribution in [-0.2, 0) is 43.0 Å². The molecule has 0 saturated carbocycles. The maximum Gasteiger partial charge on any atom is 0.332 e. The lowest BCUT2D eigenvalue weighted by atomic mass is 9.78. The molecule has 0 unspecified atom stereocenters. The summed E-state index contributed by atoms with van der Waals surface area (Å²) >= 11 is 0. The van der Waals surface area contributed by atoms with Crippen LogP contribution in [0.4, 0.5) is 0 Å². The Morgan fingerprint density at radius 2 is 1.53 bits per heavy atom. The average Bonchev–Trinajstić information content (AvgIpc) is 3.62. The van der Waals surface area contributed by atoms with Gasteiger partial charge in [-0.1, -0.05) is 54.9 Å². The monoisotopic (exact) mass is 969 g/mol. The number of rotatable bonds is 9. The highest BCUT2D eigenvalue weighted by molar-refractivity contribution is 5.98. The largest absolute Gasteiger partial charge is 0.458 e. The highest BCUT2D eigenvalue weighted by Gasteiger charge is 2.59. The third-order valence-corrected chi connectivity index (χ3v) is 14.7. The standard InChI is InChI=1S/C45H76N8O15/c1-11-25(7)20-27-15-16-45(64,68-31(27)12-2)44(10,63)42(61)48-32-34(24(5)6)67-41(60)33(23(3)4)53(66)40(59)35-43(9,62)17-19-49(35)37(56)30-21-28(54)22-47-51(30)36(55)26(8)52(65)38(57)29-14-13-18-46-50(29)39(32)58/h23-35,46-47,54,62-66H,11-22H2,1-10H3,(H,48,61)/t25-,26+,27+,28+,29+,30+,31+,32-,33-,34-,35+,43+,44+,45+/m0/s1. The van der Waals surface area contributed by atoms with Gasteiger partial charge in [-0.25, -0.2) is 25.8 Å². The minimum Gasteiger partial charge on any atom is -0.458 e. The molecule has 5 fully saturated rings. The van der Waals surface area contributed by atoms with Gasteiger partial charge < -0.3 is 40.1 Å². The Hall–Kier alpha value is -4.07. The van der Waals surface area contributed by atoms with Crippen LogP contribution in [-0.4, -0.2) is 188 Å². The van der Waals surface area contributed by atoms with Crippen LogP contribution in [0.1, 0.15) is 127 Å². The van der Waals surface area contributed by atoms with Crippen molar-refractivity contribution < 1.29 is 73.9 Å². The maximum absolute atomic E-state index is 15.1. The molecule has 0 aromatic carbocycles. The number of hydrogen-bond acceptors (Lipinski definition) is 17. The van der Waals surface area contributed by atoms with E-state index in [4.69, 9.17) is 9.47 Å². The van der Waals surface area contributed by atoms with Gasteiger partial charge in [-0.05, 0) is 83.0 Å². The summed E-state index contributed by atoms with van der Waals surface area (Å²) in [4.78, 5) is 103. The maximum atomic E-state index is 15.1. The fourth-order valence-corrected chi connectivity index (χ4v) is 10.1. The molecule has 0 radical (unpaired) electrons. The van der Waals surface area contributed by atoms with Gasteiger partial charge in [0.2, 0.25) is 11.7 Å². The van der Waals surface area contributed by atoms with Gasteiger partial charge in [-0.2, -0.15) is 0 Å². The Morgan fingerprint density at radius 1 is 0.882 bits per heavy atom. The van der Waals surface area contributed by atoms with E-state index in [2.05, 4.69) is 30.0 Å². The minimum atomic E-state index is -2.76. The Morgan fingerprint density at radius 3 is 2.13 bits per heavy atom. The Balaban J connectivity index is 1.62. The van der Waals surface area contributed by atoms with Crippen molar-refractivity contribution in [3.8, 4) is 0 Å². The summed E-state index contributed by atoms with van der Waals surface area (Å²) in [6.07, 6.45) is -1.48. The van der Waals surface area contributed by atoms with Crippen molar-refractivity contribution in [3.05, 3.63) is 0 Å². The predicted molar refractivity (Wildman–Crippen MR) is 237 cm³/mol. The van der Waals surface area contributed by atoms with Crippen LogP contribution in [0, 0.1) is 23.7 Å². The summed E-state index contributed by atoms with van der Waals surface area (Å²) in [5, 5.41) is 73.8. The van der Waals surface area contributed by atoms with Gasteiger partial charge >= 0.3 is 5.97 Å². The highest BCUT2D eigenvalue weighted by atomic mass is 16.6. The van der Waals surface area contributed by atoms with Crippen LogP contribution >= 0.6 is 0 Å². The van der Waals surface area contributed by atoms with E-state index >= 15 is 4.79 Å². The first-order valence-corrected chi connectivity index (χ1v) is 24.2. The molecule has 5 rings (SSSR count). The van der Waals surface area contributed by atoms with E-state index in [0.29, 0.717) is 18.8 Å². The number of hydroxylamine groups is 4. The van der Waals surface area contributed by atoms with Crippen LogP contribution in [0.3, 0.4) is 0 Å². The minimum absolute atomic E-state index is 0.0101. The second kappa shape index (κ2) is 21.5. The van der Waals surface area contributed by atoms with Gasteiger partial charge in [0, 0.05) is 32.5 Å². The molecule has 386 valence electrons. The number of nitrogens with zero attached hydrogens (tertiary/aromatic N) is 5. The SMILES string of the molecule is CC[C@H](C)C[C@H]1CC[C@](O)([C@](C)(O)C(=O)N[C@@H]2C(=O)N3NCCC[C@@H]3C(=O)N(O)[C@H](C)C(=O)N3NC[C@H](O)C[C@@H]3C(=O)N3CC[C@@](C)(O)[C@H]3C(=O)N(O)[C@@H](C(C)C)C(=O)O[C@H]2C(C)C)O[C@@H]1CC. The number of β-amino-alcohol motifs (C(OH)–C–C–N with tert-alkyl or cyclic N) is 1. The summed E-state index contributed by atoms with van der Waals surface area (Å²) in [5.74, 6) is -12.1. The Kier molecular flexibility index (Phi) is 17.4. The van der Waals surface area contributed by atoms with Crippen molar-refractivity contribution in [1.82, 2.24) is 41.2 Å². The topological polar surface area (TPSA) is 312 Å². The Labute approximate surface area is 397 Å². The van der Waals surface area contributed by atoms with E-state index in [0.717, 1.165) is 41.6 Å². The first-order valence-electron chi connectivity index (χ1n) is 24.2. The molecular formula is C45H76N8O15. The molecule has 0 spiro atoms. The third-order valence-electron chi connectivity index (χ3n) is 14.7. The fraction of sp³-hybridized carbons (Fsp3) is 0.844. The summed E-state index contributed by atoms with van der Waals surface area (Å²) in [5.41, 5.74) is 0.710. The van der Waals surface area contributed by atoms with E-state index in [9.17, 15) is 59.6 Å². The zero-order chi connectivity index (χ0) is 51.0. The molecule has 5 aliphatic rings. The summed E-state index contributed by atoms with van der Waals surface area (Å²) in [7, 11) is 0. The van der Waals surface area contributed by atoms with Crippen molar-refractivity contribution in [3.63, 3.8) is 0 Å². The average molecular weight is 969 g/mol. The number of carbonyl (C=O) groups excluding carboxylic acids is 7. The molecule has 23 nitrogen and oxygen atoms in total. The molecule has 68 heavy (non-hydrogen) atoms. The van der Waals surface area contributed by atoms with Gasteiger partial charge in [0.05, 0.1) is 17.8 Å². The van der Waals surface area contributed by atoms with Gasteiger partial charge in [0.15, 0.2) is 11.6 Å². The number of cyclic esters (lactones) is 1. The summed E-state index contributed by atoms with van der Waals surface area (Å²) in [6, 6.07) is -10.6. The summed E-state index contributed by atoms with van der Waals surface area (Å²) < 4.78 is 12.2. The number of hydrazine groups is 2. The van der Waals surface area contributed by atoms with Crippen molar-refractivity contribution in [1.29, 1.82) is 0 Å². The lowest BCUT2D eigenvalue weighted by Gasteiger charge is -2.48.